The lowest BCUT2D eigenvalue weighted by Gasteiger charge is -2.28. The molecule has 0 saturated carbocycles. The van der Waals surface area contributed by atoms with Crippen LogP contribution in [0.4, 0.5) is 4.79 Å². The third-order valence-electron chi connectivity index (χ3n) is 6.36. The number of ether oxygens (including phenoxy) is 2. The molecule has 230 valence electrons. The van der Waals surface area contributed by atoms with E-state index in [-0.39, 0.29) is 43.5 Å². The van der Waals surface area contributed by atoms with Crippen molar-refractivity contribution in [2.45, 2.75) is 50.5 Å². The summed E-state index contributed by atoms with van der Waals surface area (Å²) in [5, 5.41) is 13.3. The molecule has 0 bridgehead atoms. The number of benzene rings is 3. The van der Waals surface area contributed by atoms with Crippen molar-refractivity contribution in [3.63, 3.8) is 0 Å². The van der Waals surface area contributed by atoms with Crippen molar-refractivity contribution < 1.29 is 37.4 Å². The van der Waals surface area contributed by atoms with Gasteiger partial charge in [-0.2, -0.15) is 0 Å². The average molecular weight is 611 g/mol. The number of urea groups is 1. The van der Waals surface area contributed by atoms with Gasteiger partial charge >= 0.3 is 18.0 Å². The van der Waals surface area contributed by atoms with Crippen LogP contribution in [-0.4, -0.2) is 67.9 Å². The number of amides is 2. The van der Waals surface area contributed by atoms with Gasteiger partial charge in [-0.25, -0.2) is 22.8 Å². The summed E-state index contributed by atoms with van der Waals surface area (Å²) < 4.78 is 34.4. The van der Waals surface area contributed by atoms with Crippen molar-refractivity contribution in [2.75, 3.05) is 19.3 Å². The van der Waals surface area contributed by atoms with Crippen LogP contribution in [0.2, 0.25) is 0 Å². The normalized spacial score (nSPS) is 12.7. The predicted molar refractivity (Wildman–Crippen MR) is 160 cm³/mol. The third kappa shape index (κ3) is 11.2. The van der Waals surface area contributed by atoms with Gasteiger partial charge in [0.2, 0.25) is 0 Å². The molecule has 0 saturated heterocycles. The number of rotatable bonds is 14. The second-order valence-electron chi connectivity index (χ2n) is 10.6. The summed E-state index contributed by atoms with van der Waals surface area (Å²) in [6, 6.07) is 22.2. The number of nitrogens with zero attached hydrogens (tertiary/aromatic N) is 1. The number of hydrogen-bond donors (Lipinski definition) is 2. The zero-order chi connectivity index (χ0) is 31.4. The standard InChI is InChI=1S/C32H38N2O8S/c1-23(2)19-34(20-29(35)31(37)42-22-26-12-8-5-9-13-26)32(38)33-28(30(36)41-21-25-10-6-4-7-11-25)18-24-14-16-27(17-15-24)43(3,39)40/h4-17,23,28-29,35H,18-22H2,1-3H3,(H,33,38). The van der Waals surface area contributed by atoms with Gasteiger partial charge in [-0.15, -0.1) is 0 Å². The fourth-order valence-corrected chi connectivity index (χ4v) is 4.79. The van der Waals surface area contributed by atoms with Crippen LogP contribution >= 0.6 is 0 Å². The van der Waals surface area contributed by atoms with E-state index in [1.54, 1.807) is 48.5 Å². The van der Waals surface area contributed by atoms with Crippen molar-refractivity contribution in [1.29, 1.82) is 0 Å². The molecule has 2 amide bonds. The highest BCUT2D eigenvalue weighted by Gasteiger charge is 2.29. The van der Waals surface area contributed by atoms with E-state index in [2.05, 4.69) is 5.32 Å². The van der Waals surface area contributed by atoms with Crippen molar-refractivity contribution in [2.24, 2.45) is 5.92 Å². The van der Waals surface area contributed by atoms with Crippen LogP contribution in [0.3, 0.4) is 0 Å². The highest BCUT2D eigenvalue weighted by atomic mass is 32.2. The molecule has 11 heteroatoms. The highest BCUT2D eigenvalue weighted by molar-refractivity contribution is 7.90. The number of aliphatic hydroxyl groups is 1. The van der Waals surface area contributed by atoms with Gasteiger partial charge in [0.05, 0.1) is 11.4 Å². The summed E-state index contributed by atoms with van der Waals surface area (Å²) in [4.78, 5) is 40.5. The van der Waals surface area contributed by atoms with Crippen LogP contribution < -0.4 is 5.32 Å². The third-order valence-corrected chi connectivity index (χ3v) is 7.49. The number of hydrogen-bond acceptors (Lipinski definition) is 8. The first kappa shape index (κ1) is 33.3. The minimum atomic E-state index is -3.41. The summed E-state index contributed by atoms with van der Waals surface area (Å²) in [6.07, 6.45) is -0.498. The van der Waals surface area contributed by atoms with Crippen LogP contribution in [0.15, 0.2) is 89.8 Å². The summed E-state index contributed by atoms with van der Waals surface area (Å²) in [7, 11) is -3.41. The molecule has 0 aliphatic heterocycles. The monoisotopic (exact) mass is 610 g/mol. The van der Waals surface area contributed by atoms with Crippen molar-refractivity contribution in [1.82, 2.24) is 10.2 Å². The molecule has 0 aliphatic rings. The minimum Gasteiger partial charge on any atom is -0.459 e. The summed E-state index contributed by atoms with van der Waals surface area (Å²) in [5.41, 5.74) is 2.10. The predicted octanol–water partition coefficient (Wildman–Crippen LogP) is 3.52. The number of aliphatic hydroxyl groups excluding tert-OH is 1. The molecule has 3 rings (SSSR count). The molecule has 0 aromatic heterocycles. The lowest BCUT2D eigenvalue weighted by atomic mass is 10.1. The molecule has 2 unspecified atom stereocenters. The van der Waals surface area contributed by atoms with E-state index < -0.39 is 40.0 Å². The van der Waals surface area contributed by atoms with Crippen molar-refractivity contribution >= 4 is 27.8 Å². The first-order chi connectivity index (χ1) is 20.4. The molecule has 3 aromatic rings. The fourth-order valence-electron chi connectivity index (χ4n) is 4.16. The lowest BCUT2D eigenvalue weighted by molar-refractivity contribution is -0.155. The Morgan fingerprint density at radius 1 is 0.767 bits per heavy atom. The Morgan fingerprint density at radius 2 is 1.28 bits per heavy atom. The number of carbonyl (C=O) groups is 3. The van der Waals surface area contributed by atoms with Crippen molar-refractivity contribution in [3.8, 4) is 0 Å². The average Bonchev–Trinajstić information content (AvgIpc) is 2.98. The number of carbonyl (C=O) groups excluding carboxylic acids is 3. The SMILES string of the molecule is CC(C)CN(CC(O)C(=O)OCc1ccccc1)C(=O)NC(Cc1ccc(S(C)(=O)=O)cc1)C(=O)OCc1ccccc1. The van der Waals surface area contributed by atoms with Gasteiger partial charge in [-0.1, -0.05) is 86.6 Å². The molecule has 3 aromatic carbocycles. The molecule has 0 aliphatic carbocycles. The molecular formula is C32H38N2O8S. The van der Waals surface area contributed by atoms with Crippen LogP contribution in [0.1, 0.15) is 30.5 Å². The van der Waals surface area contributed by atoms with Gasteiger partial charge in [0.1, 0.15) is 19.3 Å². The van der Waals surface area contributed by atoms with E-state index in [0.29, 0.717) is 5.56 Å². The molecule has 2 N–H and O–H groups in total. The van der Waals surface area contributed by atoms with Crippen LogP contribution in [0, 0.1) is 5.92 Å². The maximum Gasteiger partial charge on any atom is 0.337 e. The van der Waals surface area contributed by atoms with Crippen LogP contribution in [-0.2, 0) is 48.5 Å². The van der Waals surface area contributed by atoms with E-state index in [0.717, 1.165) is 17.4 Å². The van der Waals surface area contributed by atoms with Gasteiger partial charge in [0.15, 0.2) is 15.9 Å². The molecule has 0 heterocycles. The zero-order valence-corrected chi connectivity index (χ0v) is 25.3. The highest BCUT2D eigenvalue weighted by Crippen LogP contribution is 2.14. The Kier molecular flexibility index (Phi) is 12.3. The Hall–Kier alpha value is -4.22. The number of nitrogens with one attached hydrogen (secondary N) is 1. The van der Waals surface area contributed by atoms with Gasteiger partial charge in [-0.05, 0) is 34.7 Å². The maximum atomic E-state index is 13.4. The first-order valence-corrected chi connectivity index (χ1v) is 15.7. The zero-order valence-electron chi connectivity index (χ0n) is 24.5. The molecule has 0 fully saturated rings. The molecule has 43 heavy (non-hydrogen) atoms. The number of sulfone groups is 1. The molecule has 10 nitrogen and oxygen atoms in total. The van der Waals surface area contributed by atoms with Gasteiger partial charge in [-0.3, -0.25) is 0 Å². The summed E-state index contributed by atoms with van der Waals surface area (Å²) in [5.74, 6) is -1.60. The molecular weight excluding hydrogens is 572 g/mol. The first-order valence-electron chi connectivity index (χ1n) is 13.9. The maximum absolute atomic E-state index is 13.4. The van der Waals surface area contributed by atoms with E-state index in [1.165, 1.54) is 17.0 Å². The van der Waals surface area contributed by atoms with E-state index in [9.17, 15) is 27.9 Å². The summed E-state index contributed by atoms with van der Waals surface area (Å²) >= 11 is 0. The lowest BCUT2D eigenvalue weighted by Crippen LogP contribution is -2.52. The molecule has 0 radical (unpaired) electrons. The molecule has 2 atom stereocenters. The Labute approximate surface area is 252 Å². The number of esters is 2. The van der Waals surface area contributed by atoms with Gasteiger partial charge in [0, 0.05) is 19.2 Å². The van der Waals surface area contributed by atoms with E-state index in [4.69, 9.17) is 9.47 Å². The van der Waals surface area contributed by atoms with E-state index >= 15 is 0 Å². The van der Waals surface area contributed by atoms with Gasteiger partial charge < -0.3 is 24.8 Å². The second-order valence-corrected chi connectivity index (χ2v) is 12.6. The van der Waals surface area contributed by atoms with Gasteiger partial charge in [0.25, 0.3) is 0 Å². The Balaban J connectivity index is 1.73. The Bertz CT molecular complexity index is 1450. The topological polar surface area (TPSA) is 139 Å². The van der Waals surface area contributed by atoms with E-state index in [1.807, 2.05) is 38.1 Å². The van der Waals surface area contributed by atoms with Crippen molar-refractivity contribution in [3.05, 3.63) is 102 Å². The minimum absolute atomic E-state index is 0.0132. The van der Waals surface area contributed by atoms with Crippen LogP contribution in [0.5, 0.6) is 0 Å². The fraction of sp³-hybridized carbons (Fsp3) is 0.344. The van der Waals surface area contributed by atoms with Crippen LogP contribution in [0.25, 0.3) is 0 Å². The second kappa shape index (κ2) is 15.9. The molecule has 0 spiro atoms. The summed E-state index contributed by atoms with van der Waals surface area (Å²) in [6.45, 7) is 3.53. The largest absolute Gasteiger partial charge is 0.459 e. The Morgan fingerprint density at radius 3 is 1.77 bits per heavy atom. The quantitative estimate of drug-likeness (QED) is 0.265. The smallest absolute Gasteiger partial charge is 0.337 e.